The Hall–Kier alpha value is -7.69. The number of furan rings is 1. The topological polar surface area (TPSA) is 51.8 Å². The SMILES string of the molecule is c1ccc(-c2nc(-c3ccc(-c4ccc5ccccc5c4)cc3)nc(-c3ccc(-c4cc(-c5ccccc5)c5c(c4)oc4cc6ccccc6cc45)cc3)n2)cc1. The monoisotopic (exact) mass is 727 g/mol. The van der Waals surface area contributed by atoms with Crippen LogP contribution in [0.4, 0.5) is 0 Å². The van der Waals surface area contributed by atoms with E-state index in [1.165, 1.54) is 21.7 Å². The van der Waals surface area contributed by atoms with Crippen molar-refractivity contribution in [2.24, 2.45) is 0 Å². The van der Waals surface area contributed by atoms with E-state index in [1.807, 2.05) is 30.3 Å². The molecule has 0 N–H and O–H groups in total. The first-order chi connectivity index (χ1) is 28.2. The van der Waals surface area contributed by atoms with Crippen molar-refractivity contribution in [3.63, 3.8) is 0 Å². The van der Waals surface area contributed by atoms with Crippen LogP contribution in [0.1, 0.15) is 0 Å². The average Bonchev–Trinajstić information content (AvgIpc) is 3.65. The predicted octanol–water partition coefficient (Wildman–Crippen LogP) is 14.1. The van der Waals surface area contributed by atoms with E-state index >= 15 is 0 Å². The molecule has 0 bridgehead atoms. The second kappa shape index (κ2) is 13.6. The van der Waals surface area contributed by atoms with E-state index in [0.29, 0.717) is 17.5 Å². The van der Waals surface area contributed by atoms with E-state index < -0.39 is 0 Å². The van der Waals surface area contributed by atoms with Gasteiger partial charge in [0.1, 0.15) is 11.2 Å². The van der Waals surface area contributed by atoms with Crippen LogP contribution in [-0.4, -0.2) is 15.0 Å². The van der Waals surface area contributed by atoms with Crippen LogP contribution in [0.25, 0.3) is 111 Å². The lowest BCUT2D eigenvalue weighted by Gasteiger charge is -2.11. The van der Waals surface area contributed by atoms with Gasteiger partial charge >= 0.3 is 0 Å². The van der Waals surface area contributed by atoms with Gasteiger partial charge in [-0.1, -0.05) is 170 Å². The molecule has 266 valence electrons. The minimum absolute atomic E-state index is 0.619. The summed E-state index contributed by atoms with van der Waals surface area (Å²) in [6, 6.07) is 70.0. The van der Waals surface area contributed by atoms with Crippen LogP contribution in [0, 0.1) is 0 Å². The Morgan fingerprint density at radius 2 is 0.737 bits per heavy atom. The molecule has 0 aliphatic rings. The van der Waals surface area contributed by atoms with Crippen molar-refractivity contribution >= 4 is 43.5 Å². The molecule has 57 heavy (non-hydrogen) atoms. The first-order valence-corrected chi connectivity index (χ1v) is 19.2. The summed E-state index contributed by atoms with van der Waals surface area (Å²) in [6.07, 6.45) is 0. The highest BCUT2D eigenvalue weighted by molar-refractivity contribution is 6.16. The smallest absolute Gasteiger partial charge is 0.164 e. The van der Waals surface area contributed by atoms with Crippen LogP contribution in [0.2, 0.25) is 0 Å². The number of hydrogen-bond donors (Lipinski definition) is 0. The van der Waals surface area contributed by atoms with Crippen molar-refractivity contribution in [2.45, 2.75) is 0 Å². The molecular weight excluding hydrogens is 695 g/mol. The van der Waals surface area contributed by atoms with Crippen molar-refractivity contribution in [3.8, 4) is 67.5 Å². The van der Waals surface area contributed by atoms with Gasteiger partial charge in [-0.3, -0.25) is 0 Å². The van der Waals surface area contributed by atoms with Crippen molar-refractivity contribution in [1.29, 1.82) is 0 Å². The maximum absolute atomic E-state index is 6.61. The van der Waals surface area contributed by atoms with E-state index in [1.54, 1.807) is 0 Å². The average molecular weight is 728 g/mol. The van der Waals surface area contributed by atoms with E-state index in [-0.39, 0.29) is 0 Å². The zero-order chi connectivity index (χ0) is 37.7. The zero-order valence-corrected chi connectivity index (χ0v) is 30.8. The lowest BCUT2D eigenvalue weighted by Crippen LogP contribution is -2.00. The standard InChI is InChI=1S/C53H33N3O/c1-3-12-37(13-4-1)46-31-45(33-49-50(46)47-30-42-17-9-10-18-43(42)32-48(47)57-49)36-21-26-40(27-22-36)53-55-51(38-14-5-2-6-15-38)54-52(56-53)39-24-19-35(20-25-39)44-28-23-34-11-7-8-16-41(34)29-44/h1-33H. The Morgan fingerprint density at radius 3 is 1.35 bits per heavy atom. The summed E-state index contributed by atoms with van der Waals surface area (Å²) in [5.41, 5.74) is 11.3. The van der Waals surface area contributed by atoms with Crippen molar-refractivity contribution in [1.82, 2.24) is 15.0 Å². The maximum Gasteiger partial charge on any atom is 0.164 e. The molecule has 2 aromatic heterocycles. The fourth-order valence-corrected chi connectivity index (χ4v) is 7.95. The molecule has 11 aromatic rings. The van der Waals surface area contributed by atoms with Gasteiger partial charge in [0.15, 0.2) is 17.5 Å². The summed E-state index contributed by atoms with van der Waals surface area (Å²) in [6.45, 7) is 0. The van der Waals surface area contributed by atoms with Gasteiger partial charge in [0, 0.05) is 27.5 Å². The van der Waals surface area contributed by atoms with Gasteiger partial charge in [-0.05, 0) is 85.3 Å². The summed E-state index contributed by atoms with van der Waals surface area (Å²) in [4.78, 5) is 15.0. The van der Waals surface area contributed by atoms with Crippen molar-refractivity contribution in [2.75, 3.05) is 0 Å². The van der Waals surface area contributed by atoms with Gasteiger partial charge in [-0.15, -0.1) is 0 Å². The van der Waals surface area contributed by atoms with Gasteiger partial charge in [0.2, 0.25) is 0 Å². The minimum atomic E-state index is 0.619. The Morgan fingerprint density at radius 1 is 0.281 bits per heavy atom. The van der Waals surface area contributed by atoms with Crippen LogP contribution < -0.4 is 0 Å². The van der Waals surface area contributed by atoms with Crippen LogP contribution >= 0.6 is 0 Å². The molecule has 0 spiro atoms. The van der Waals surface area contributed by atoms with Crippen LogP contribution in [0.15, 0.2) is 205 Å². The quantitative estimate of drug-likeness (QED) is 0.171. The van der Waals surface area contributed by atoms with Gasteiger partial charge in [0.25, 0.3) is 0 Å². The first-order valence-electron chi connectivity index (χ1n) is 19.2. The van der Waals surface area contributed by atoms with Crippen molar-refractivity contribution < 1.29 is 4.42 Å². The minimum Gasteiger partial charge on any atom is -0.456 e. The van der Waals surface area contributed by atoms with Crippen LogP contribution in [0.3, 0.4) is 0 Å². The molecule has 0 radical (unpaired) electrons. The Bertz CT molecular complexity index is 3260. The summed E-state index contributed by atoms with van der Waals surface area (Å²) in [5.74, 6) is 1.88. The van der Waals surface area contributed by atoms with E-state index in [2.05, 4.69) is 170 Å². The highest BCUT2D eigenvalue weighted by Crippen LogP contribution is 2.41. The fraction of sp³-hybridized carbons (Fsp3) is 0. The molecule has 11 rings (SSSR count). The molecule has 0 aliphatic carbocycles. The molecule has 0 amide bonds. The predicted molar refractivity (Wildman–Crippen MR) is 235 cm³/mol. The molecule has 4 heteroatoms. The largest absolute Gasteiger partial charge is 0.456 e. The fourth-order valence-electron chi connectivity index (χ4n) is 7.95. The number of hydrogen-bond acceptors (Lipinski definition) is 4. The number of rotatable bonds is 6. The Labute approximate surface area is 329 Å². The molecule has 0 aliphatic heterocycles. The van der Waals surface area contributed by atoms with E-state index in [9.17, 15) is 0 Å². The van der Waals surface area contributed by atoms with E-state index in [4.69, 9.17) is 19.4 Å². The summed E-state index contributed by atoms with van der Waals surface area (Å²) in [5, 5.41) is 7.05. The molecule has 9 aromatic carbocycles. The molecule has 0 saturated carbocycles. The van der Waals surface area contributed by atoms with Gasteiger partial charge < -0.3 is 4.42 Å². The summed E-state index contributed by atoms with van der Waals surface area (Å²) < 4.78 is 6.61. The maximum atomic E-state index is 6.61. The third-order valence-corrected chi connectivity index (χ3v) is 10.9. The number of aromatic nitrogens is 3. The third kappa shape index (κ3) is 6.01. The second-order valence-electron chi connectivity index (χ2n) is 14.4. The molecule has 0 unspecified atom stereocenters. The molecule has 2 heterocycles. The Kier molecular flexibility index (Phi) is 7.78. The highest BCUT2D eigenvalue weighted by atomic mass is 16.3. The number of benzene rings is 9. The van der Waals surface area contributed by atoms with Crippen molar-refractivity contribution in [3.05, 3.63) is 200 Å². The number of fused-ring (bicyclic) bond motifs is 5. The molecule has 0 atom stereocenters. The second-order valence-corrected chi connectivity index (χ2v) is 14.4. The summed E-state index contributed by atoms with van der Waals surface area (Å²) in [7, 11) is 0. The molecule has 0 fully saturated rings. The van der Waals surface area contributed by atoms with E-state index in [0.717, 1.165) is 71.8 Å². The van der Waals surface area contributed by atoms with Gasteiger partial charge in [-0.2, -0.15) is 0 Å². The van der Waals surface area contributed by atoms with Gasteiger partial charge in [-0.25, -0.2) is 15.0 Å². The highest BCUT2D eigenvalue weighted by Gasteiger charge is 2.17. The van der Waals surface area contributed by atoms with Crippen LogP contribution in [-0.2, 0) is 0 Å². The van der Waals surface area contributed by atoms with Gasteiger partial charge in [0.05, 0.1) is 0 Å². The normalized spacial score (nSPS) is 11.5. The molecule has 0 saturated heterocycles. The number of nitrogens with zero attached hydrogens (tertiary/aromatic N) is 3. The first kappa shape index (κ1) is 32.7. The molecule has 4 nitrogen and oxygen atoms in total. The zero-order valence-electron chi connectivity index (χ0n) is 30.8. The summed E-state index contributed by atoms with van der Waals surface area (Å²) >= 11 is 0. The third-order valence-electron chi connectivity index (χ3n) is 10.9. The van der Waals surface area contributed by atoms with Crippen LogP contribution in [0.5, 0.6) is 0 Å². The Balaban J connectivity index is 0.986. The lowest BCUT2D eigenvalue weighted by atomic mass is 9.93. The lowest BCUT2D eigenvalue weighted by molar-refractivity contribution is 0.669. The molecular formula is C53H33N3O.